The normalized spacial score (nSPS) is 10.2. The number of hydrogen-bond donors (Lipinski definition) is 0. The van der Waals surface area contributed by atoms with Gasteiger partial charge in [0.15, 0.2) is 11.6 Å². The smallest absolute Gasteiger partial charge is 0.169 e. The third-order valence-corrected chi connectivity index (χ3v) is 2.70. The Morgan fingerprint density at radius 3 is 2.69 bits per heavy atom. The molecule has 0 aliphatic carbocycles. The standard InChI is InChI=1S/C10H13FOS/c1-4-12-8-5-6-9(13-3)7(2)10(8)11/h5-6H,4H2,1-3H3. The SMILES string of the molecule is CCOc1ccc(SC)c(C)c1F. The fourth-order valence-corrected chi connectivity index (χ4v) is 1.73. The van der Waals surface area contributed by atoms with Crippen LogP contribution in [0.25, 0.3) is 0 Å². The Bertz CT molecular complexity index is 299. The van der Waals surface area contributed by atoms with Gasteiger partial charge >= 0.3 is 0 Å². The third kappa shape index (κ3) is 2.15. The number of halogens is 1. The van der Waals surface area contributed by atoms with E-state index in [4.69, 9.17) is 4.74 Å². The van der Waals surface area contributed by atoms with Crippen molar-refractivity contribution in [3.05, 3.63) is 23.5 Å². The third-order valence-electron chi connectivity index (χ3n) is 1.82. The molecule has 0 aromatic heterocycles. The zero-order valence-corrected chi connectivity index (χ0v) is 8.87. The van der Waals surface area contributed by atoms with Gasteiger partial charge in [0.2, 0.25) is 0 Å². The summed E-state index contributed by atoms with van der Waals surface area (Å²) in [4.78, 5) is 0.959. The van der Waals surface area contributed by atoms with Crippen molar-refractivity contribution in [3.8, 4) is 5.75 Å². The molecule has 0 amide bonds. The van der Waals surface area contributed by atoms with E-state index < -0.39 is 0 Å². The van der Waals surface area contributed by atoms with Crippen LogP contribution in [0, 0.1) is 12.7 Å². The minimum atomic E-state index is -0.242. The summed E-state index contributed by atoms with van der Waals surface area (Å²) in [5.41, 5.74) is 0.665. The van der Waals surface area contributed by atoms with E-state index in [0.29, 0.717) is 17.9 Å². The second-order valence-corrected chi connectivity index (χ2v) is 3.49. The Kier molecular flexibility index (Phi) is 3.60. The van der Waals surface area contributed by atoms with Crippen molar-refractivity contribution in [2.45, 2.75) is 18.7 Å². The molecule has 0 saturated carbocycles. The molecule has 0 unspecified atom stereocenters. The summed E-state index contributed by atoms with van der Waals surface area (Å²) in [5, 5.41) is 0. The van der Waals surface area contributed by atoms with Gasteiger partial charge in [-0.15, -0.1) is 11.8 Å². The van der Waals surface area contributed by atoms with Gasteiger partial charge in [0.1, 0.15) is 0 Å². The molecule has 72 valence electrons. The lowest BCUT2D eigenvalue weighted by molar-refractivity contribution is 0.320. The minimum absolute atomic E-state index is 0.242. The van der Waals surface area contributed by atoms with E-state index in [2.05, 4.69) is 0 Å². The zero-order chi connectivity index (χ0) is 9.84. The highest BCUT2D eigenvalue weighted by atomic mass is 32.2. The highest BCUT2D eigenvalue weighted by Crippen LogP contribution is 2.28. The maximum Gasteiger partial charge on any atom is 0.169 e. The molecule has 0 saturated heterocycles. The molecule has 0 atom stereocenters. The largest absolute Gasteiger partial charge is 0.491 e. The second kappa shape index (κ2) is 4.51. The average molecular weight is 200 g/mol. The molecule has 0 radical (unpaired) electrons. The molecule has 0 aliphatic heterocycles. The Balaban J connectivity index is 3.07. The first-order valence-corrected chi connectivity index (χ1v) is 5.39. The summed E-state index contributed by atoms with van der Waals surface area (Å²) >= 11 is 1.54. The first-order valence-electron chi connectivity index (χ1n) is 4.16. The molecule has 0 fully saturated rings. The van der Waals surface area contributed by atoms with Crippen molar-refractivity contribution in [3.63, 3.8) is 0 Å². The van der Waals surface area contributed by atoms with E-state index in [1.165, 1.54) is 0 Å². The van der Waals surface area contributed by atoms with Crippen LogP contribution in [-0.4, -0.2) is 12.9 Å². The zero-order valence-electron chi connectivity index (χ0n) is 8.06. The summed E-state index contributed by atoms with van der Waals surface area (Å²) in [5.74, 6) is 0.103. The van der Waals surface area contributed by atoms with E-state index in [1.54, 1.807) is 24.8 Å². The molecule has 0 aliphatic rings. The van der Waals surface area contributed by atoms with Crippen molar-refractivity contribution >= 4 is 11.8 Å². The molecule has 0 spiro atoms. The minimum Gasteiger partial charge on any atom is -0.491 e. The molecule has 1 nitrogen and oxygen atoms in total. The van der Waals surface area contributed by atoms with E-state index in [-0.39, 0.29) is 5.82 Å². The summed E-state index contributed by atoms with van der Waals surface area (Å²) < 4.78 is 18.6. The van der Waals surface area contributed by atoms with Crippen LogP contribution in [0.5, 0.6) is 5.75 Å². The molecule has 1 rings (SSSR count). The first-order chi connectivity index (χ1) is 6.20. The Labute approximate surface area is 82.3 Å². The molecule has 1 aromatic rings. The van der Waals surface area contributed by atoms with Crippen LogP contribution in [0.3, 0.4) is 0 Å². The quantitative estimate of drug-likeness (QED) is 0.693. The molecule has 0 bridgehead atoms. The van der Waals surface area contributed by atoms with Crippen LogP contribution in [0.1, 0.15) is 12.5 Å². The number of thioether (sulfide) groups is 1. The fourth-order valence-electron chi connectivity index (χ4n) is 1.13. The molecular formula is C10H13FOS. The lowest BCUT2D eigenvalue weighted by atomic mass is 10.2. The van der Waals surface area contributed by atoms with Crippen LogP contribution in [-0.2, 0) is 0 Å². The van der Waals surface area contributed by atoms with E-state index in [0.717, 1.165) is 4.90 Å². The van der Waals surface area contributed by atoms with Gasteiger partial charge in [-0.1, -0.05) is 0 Å². The highest BCUT2D eigenvalue weighted by Gasteiger charge is 2.09. The number of rotatable bonds is 3. The highest BCUT2D eigenvalue weighted by molar-refractivity contribution is 7.98. The summed E-state index contributed by atoms with van der Waals surface area (Å²) in [6.07, 6.45) is 1.93. The van der Waals surface area contributed by atoms with Crippen LogP contribution < -0.4 is 4.74 Å². The van der Waals surface area contributed by atoms with Gasteiger partial charge in [-0.2, -0.15) is 0 Å². The molecular weight excluding hydrogens is 187 g/mol. The monoisotopic (exact) mass is 200 g/mol. The summed E-state index contributed by atoms with van der Waals surface area (Å²) in [6.45, 7) is 4.11. The van der Waals surface area contributed by atoms with Gasteiger partial charge in [0, 0.05) is 10.5 Å². The average Bonchev–Trinajstić information content (AvgIpc) is 2.14. The van der Waals surface area contributed by atoms with E-state index in [1.807, 2.05) is 19.2 Å². The van der Waals surface area contributed by atoms with Gasteiger partial charge in [0.05, 0.1) is 6.61 Å². The molecule has 0 N–H and O–H groups in total. The molecule has 1 aromatic carbocycles. The van der Waals surface area contributed by atoms with Crippen LogP contribution in [0.2, 0.25) is 0 Å². The van der Waals surface area contributed by atoms with Crippen molar-refractivity contribution in [1.82, 2.24) is 0 Å². The van der Waals surface area contributed by atoms with E-state index >= 15 is 0 Å². The van der Waals surface area contributed by atoms with Gasteiger partial charge in [0.25, 0.3) is 0 Å². The molecule has 3 heteroatoms. The van der Waals surface area contributed by atoms with Crippen molar-refractivity contribution < 1.29 is 9.13 Å². The lowest BCUT2D eigenvalue weighted by Gasteiger charge is -2.09. The maximum atomic E-state index is 13.5. The van der Waals surface area contributed by atoms with Gasteiger partial charge < -0.3 is 4.74 Å². The van der Waals surface area contributed by atoms with Gasteiger partial charge in [-0.3, -0.25) is 0 Å². The van der Waals surface area contributed by atoms with Gasteiger partial charge in [-0.05, 0) is 32.2 Å². The predicted molar refractivity (Wildman–Crippen MR) is 54.1 cm³/mol. The van der Waals surface area contributed by atoms with Crippen LogP contribution >= 0.6 is 11.8 Å². The predicted octanol–water partition coefficient (Wildman–Crippen LogP) is 3.25. The van der Waals surface area contributed by atoms with Crippen molar-refractivity contribution in [2.24, 2.45) is 0 Å². The lowest BCUT2D eigenvalue weighted by Crippen LogP contribution is -1.97. The van der Waals surface area contributed by atoms with Gasteiger partial charge in [-0.25, -0.2) is 4.39 Å². The second-order valence-electron chi connectivity index (χ2n) is 2.64. The maximum absolute atomic E-state index is 13.5. The Morgan fingerprint density at radius 2 is 2.15 bits per heavy atom. The van der Waals surface area contributed by atoms with Crippen LogP contribution in [0.4, 0.5) is 4.39 Å². The van der Waals surface area contributed by atoms with Crippen molar-refractivity contribution in [2.75, 3.05) is 12.9 Å². The molecule has 13 heavy (non-hydrogen) atoms. The topological polar surface area (TPSA) is 9.23 Å². The summed E-state index contributed by atoms with van der Waals surface area (Å²) in [7, 11) is 0. The number of ether oxygens (including phenoxy) is 1. The summed E-state index contributed by atoms with van der Waals surface area (Å²) in [6, 6.07) is 3.56. The number of benzene rings is 1. The van der Waals surface area contributed by atoms with E-state index in [9.17, 15) is 4.39 Å². The van der Waals surface area contributed by atoms with Crippen molar-refractivity contribution in [1.29, 1.82) is 0 Å². The Morgan fingerprint density at radius 1 is 1.46 bits per heavy atom. The Hall–Kier alpha value is -0.700. The fraction of sp³-hybridized carbons (Fsp3) is 0.400. The van der Waals surface area contributed by atoms with Crippen LogP contribution in [0.15, 0.2) is 17.0 Å². The number of hydrogen-bond acceptors (Lipinski definition) is 2. The molecule has 0 heterocycles. The first kappa shape index (κ1) is 10.4.